The molecule has 3 rings (SSSR count). The number of carbonyl (C=O) groups is 2. The number of carbonyl (C=O) groups excluding carboxylic acids is 2. The summed E-state index contributed by atoms with van der Waals surface area (Å²) in [6.07, 6.45) is 1.16. The van der Waals surface area contributed by atoms with Crippen LogP contribution in [0.15, 0.2) is 48.5 Å². The van der Waals surface area contributed by atoms with Gasteiger partial charge < -0.3 is 14.5 Å². The highest BCUT2D eigenvalue weighted by atomic mass is 16.5. The summed E-state index contributed by atoms with van der Waals surface area (Å²) in [5.74, 6) is 0.965. The highest BCUT2D eigenvalue weighted by Gasteiger charge is 2.23. The van der Waals surface area contributed by atoms with Gasteiger partial charge in [0, 0.05) is 31.7 Å². The summed E-state index contributed by atoms with van der Waals surface area (Å²) < 4.78 is 5.46. The maximum atomic E-state index is 13.0. The molecule has 0 spiro atoms. The molecule has 31 heavy (non-hydrogen) atoms. The molecule has 0 saturated carbocycles. The summed E-state index contributed by atoms with van der Waals surface area (Å²) in [5, 5.41) is 0. The summed E-state index contributed by atoms with van der Waals surface area (Å²) in [6.45, 7) is 11.6. The van der Waals surface area contributed by atoms with Crippen molar-refractivity contribution < 1.29 is 14.3 Å². The van der Waals surface area contributed by atoms with E-state index in [1.54, 1.807) is 0 Å². The van der Waals surface area contributed by atoms with Crippen molar-refractivity contribution >= 4 is 11.8 Å². The van der Waals surface area contributed by atoms with E-state index in [4.69, 9.17) is 4.74 Å². The van der Waals surface area contributed by atoms with E-state index < -0.39 is 0 Å². The van der Waals surface area contributed by atoms with Crippen molar-refractivity contribution in [3.8, 4) is 5.75 Å². The minimum Gasteiger partial charge on any atom is -0.494 e. The number of nitrogens with zero attached hydrogens (tertiary/aromatic N) is 2. The molecule has 0 aliphatic carbocycles. The molecule has 1 saturated heterocycles. The van der Waals surface area contributed by atoms with E-state index in [1.165, 1.54) is 5.56 Å². The third kappa shape index (κ3) is 6.09. The molecule has 5 heteroatoms. The van der Waals surface area contributed by atoms with E-state index in [9.17, 15) is 9.59 Å². The Kier molecular flexibility index (Phi) is 7.37. The molecule has 1 heterocycles. The second-order valence-electron chi connectivity index (χ2n) is 9.11. The molecule has 2 aromatic rings. The SMILES string of the molecule is CCOc1ccc(CC(=O)N2CCCN(C(=O)c3ccc(C(C)(C)C)cc3)CC2)cc1. The quantitative estimate of drug-likeness (QED) is 0.722. The van der Waals surface area contributed by atoms with Crippen molar-refractivity contribution in [1.82, 2.24) is 9.80 Å². The van der Waals surface area contributed by atoms with E-state index in [1.807, 2.05) is 65.3 Å². The molecule has 0 atom stereocenters. The Morgan fingerprint density at radius 2 is 1.48 bits per heavy atom. The first kappa shape index (κ1) is 22.9. The fourth-order valence-corrected chi connectivity index (χ4v) is 3.82. The minimum atomic E-state index is 0.0428. The monoisotopic (exact) mass is 422 g/mol. The zero-order valence-electron chi connectivity index (χ0n) is 19.2. The van der Waals surface area contributed by atoms with Gasteiger partial charge in [-0.1, -0.05) is 45.0 Å². The summed E-state index contributed by atoms with van der Waals surface area (Å²) in [6, 6.07) is 15.6. The van der Waals surface area contributed by atoms with E-state index in [-0.39, 0.29) is 17.2 Å². The summed E-state index contributed by atoms with van der Waals surface area (Å²) in [4.78, 5) is 29.5. The van der Waals surface area contributed by atoms with Crippen molar-refractivity contribution in [2.75, 3.05) is 32.8 Å². The van der Waals surface area contributed by atoms with E-state index >= 15 is 0 Å². The molecule has 0 unspecified atom stereocenters. The lowest BCUT2D eigenvalue weighted by atomic mass is 9.86. The summed E-state index contributed by atoms with van der Waals surface area (Å²) in [7, 11) is 0. The first-order valence-corrected chi connectivity index (χ1v) is 11.2. The number of hydrogen-bond donors (Lipinski definition) is 0. The normalized spacial score (nSPS) is 14.8. The zero-order valence-corrected chi connectivity index (χ0v) is 19.2. The molecule has 0 bridgehead atoms. The molecule has 5 nitrogen and oxygen atoms in total. The molecule has 1 fully saturated rings. The van der Waals surface area contributed by atoms with Crippen LogP contribution in [0, 0.1) is 0 Å². The van der Waals surface area contributed by atoms with Gasteiger partial charge in [0.2, 0.25) is 5.91 Å². The second-order valence-corrected chi connectivity index (χ2v) is 9.11. The van der Waals surface area contributed by atoms with Crippen molar-refractivity contribution in [3.05, 3.63) is 65.2 Å². The highest BCUT2D eigenvalue weighted by molar-refractivity contribution is 5.94. The van der Waals surface area contributed by atoms with Crippen molar-refractivity contribution in [2.24, 2.45) is 0 Å². The topological polar surface area (TPSA) is 49.9 Å². The van der Waals surface area contributed by atoms with Crippen LogP contribution in [0.3, 0.4) is 0 Å². The average Bonchev–Trinajstić information content (AvgIpc) is 3.01. The molecule has 0 aromatic heterocycles. The first-order chi connectivity index (χ1) is 14.8. The predicted octanol–water partition coefficient (Wildman–Crippen LogP) is 4.30. The molecule has 2 aromatic carbocycles. The van der Waals surface area contributed by atoms with Gasteiger partial charge in [-0.15, -0.1) is 0 Å². The number of ether oxygens (including phenoxy) is 1. The van der Waals surface area contributed by atoms with Crippen LogP contribution in [0.1, 0.15) is 55.6 Å². The Labute approximate surface area is 186 Å². The zero-order chi connectivity index (χ0) is 22.4. The van der Waals surface area contributed by atoms with Crippen LogP contribution in [0.5, 0.6) is 5.75 Å². The Morgan fingerprint density at radius 1 is 0.871 bits per heavy atom. The van der Waals surface area contributed by atoms with Crippen molar-refractivity contribution in [1.29, 1.82) is 0 Å². The molecule has 0 radical (unpaired) electrons. The van der Waals surface area contributed by atoms with Gasteiger partial charge in [-0.05, 0) is 54.2 Å². The average molecular weight is 423 g/mol. The number of rotatable bonds is 5. The van der Waals surface area contributed by atoms with Gasteiger partial charge in [-0.3, -0.25) is 9.59 Å². The van der Waals surface area contributed by atoms with Gasteiger partial charge >= 0.3 is 0 Å². The van der Waals surface area contributed by atoms with Crippen LogP contribution in [0.25, 0.3) is 0 Å². The lowest BCUT2D eigenvalue weighted by Crippen LogP contribution is -2.38. The van der Waals surface area contributed by atoms with Gasteiger partial charge in [0.05, 0.1) is 13.0 Å². The standard InChI is InChI=1S/C26H34N2O3/c1-5-31-23-13-7-20(8-14-23)19-24(29)27-15-6-16-28(18-17-27)25(30)21-9-11-22(12-10-21)26(2,3)4/h7-14H,5-6,15-19H2,1-4H3. The first-order valence-electron chi connectivity index (χ1n) is 11.2. The van der Waals surface area contributed by atoms with Crippen LogP contribution in [0.2, 0.25) is 0 Å². The van der Waals surface area contributed by atoms with Crippen LogP contribution in [0.4, 0.5) is 0 Å². The Hall–Kier alpha value is -2.82. The lowest BCUT2D eigenvalue weighted by Gasteiger charge is -2.23. The van der Waals surface area contributed by atoms with Crippen molar-refractivity contribution in [3.63, 3.8) is 0 Å². The fourth-order valence-electron chi connectivity index (χ4n) is 3.82. The minimum absolute atomic E-state index is 0.0428. The van der Waals surface area contributed by atoms with Gasteiger partial charge in [0.25, 0.3) is 5.91 Å². The van der Waals surface area contributed by atoms with Gasteiger partial charge in [-0.2, -0.15) is 0 Å². The molecule has 166 valence electrons. The molecule has 0 N–H and O–H groups in total. The predicted molar refractivity (Wildman–Crippen MR) is 124 cm³/mol. The summed E-state index contributed by atoms with van der Waals surface area (Å²) in [5.41, 5.74) is 2.96. The van der Waals surface area contributed by atoms with Crippen molar-refractivity contribution in [2.45, 2.75) is 46.0 Å². The molecule has 2 amide bonds. The highest BCUT2D eigenvalue weighted by Crippen LogP contribution is 2.23. The molecule has 1 aliphatic heterocycles. The van der Waals surface area contributed by atoms with Gasteiger partial charge in [-0.25, -0.2) is 0 Å². The van der Waals surface area contributed by atoms with Crippen LogP contribution < -0.4 is 4.74 Å². The number of amides is 2. The maximum absolute atomic E-state index is 13.0. The Balaban J connectivity index is 1.56. The van der Waals surface area contributed by atoms with E-state index in [2.05, 4.69) is 20.8 Å². The van der Waals surface area contributed by atoms with E-state index in [0.29, 0.717) is 44.8 Å². The number of hydrogen-bond acceptors (Lipinski definition) is 3. The van der Waals surface area contributed by atoms with Crippen LogP contribution in [-0.4, -0.2) is 54.4 Å². The van der Waals surface area contributed by atoms with Gasteiger partial charge in [0.15, 0.2) is 0 Å². The lowest BCUT2D eigenvalue weighted by molar-refractivity contribution is -0.130. The van der Waals surface area contributed by atoms with Gasteiger partial charge in [0.1, 0.15) is 5.75 Å². The third-order valence-electron chi connectivity index (χ3n) is 5.72. The van der Waals surface area contributed by atoms with Crippen LogP contribution in [-0.2, 0) is 16.6 Å². The molecular formula is C26H34N2O3. The molecular weight excluding hydrogens is 388 g/mol. The Bertz CT molecular complexity index is 882. The maximum Gasteiger partial charge on any atom is 0.253 e. The summed E-state index contributed by atoms with van der Waals surface area (Å²) >= 11 is 0. The van der Waals surface area contributed by atoms with Crippen LogP contribution >= 0.6 is 0 Å². The second kappa shape index (κ2) is 9.99. The number of benzene rings is 2. The Morgan fingerprint density at radius 3 is 2.10 bits per heavy atom. The fraction of sp³-hybridized carbons (Fsp3) is 0.462. The third-order valence-corrected chi connectivity index (χ3v) is 5.72. The van der Waals surface area contributed by atoms with E-state index in [0.717, 1.165) is 17.7 Å². The molecule has 1 aliphatic rings. The smallest absolute Gasteiger partial charge is 0.253 e. The largest absolute Gasteiger partial charge is 0.494 e.